The fourth-order valence-electron chi connectivity index (χ4n) is 3.09. The number of amides is 1. The van der Waals surface area contributed by atoms with Gasteiger partial charge in [0.2, 0.25) is 11.8 Å². The first-order valence-electron chi connectivity index (χ1n) is 9.13. The third-order valence-corrected chi connectivity index (χ3v) is 4.52. The number of nitrogens with zero attached hydrogens (tertiary/aromatic N) is 2. The number of anilines is 1. The monoisotopic (exact) mass is 385 g/mol. The summed E-state index contributed by atoms with van der Waals surface area (Å²) in [7, 11) is 1.60. The first-order chi connectivity index (χ1) is 14.2. The van der Waals surface area contributed by atoms with Crippen LogP contribution < -0.4 is 10.1 Å². The number of hydrogen-bond donors (Lipinski definition) is 1. The fraction of sp³-hybridized carbons (Fsp3) is 0.0870. The SMILES string of the molecule is COc1ccc(-c2nnc(NC(=O)C(c3ccccc3)c3ccccc3)o2)cc1. The Labute approximate surface area is 168 Å². The fourth-order valence-corrected chi connectivity index (χ4v) is 3.09. The summed E-state index contributed by atoms with van der Waals surface area (Å²) in [6.45, 7) is 0. The highest BCUT2D eigenvalue weighted by atomic mass is 16.5. The average Bonchev–Trinajstić information content (AvgIpc) is 3.24. The first kappa shape index (κ1) is 18.4. The molecule has 1 N–H and O–H groups in total. The topological polar surface area (TPSA) is 77.3 Å². The zero-order chi connectivity index (χ0) is 20.1. The molecule has 0 saturated carbocycles. The van der Waals surface area contributed by atoms with Gasteiger partial charge < -0.3 is 9.15 Å². The second-order valence-electron chi connectivity index (χ2n) is 6.38. The van der Waals surface area contributed by atoms with Crippen LogP contribution >= 0.6 is 0 Å². The number of rotatable bonds is 6. The molecule has 29 heavy (non-hydrogen) atoms. The van der Waals surface area contributed by atoms with Crippen LogP contribution in [-0.2, 0) is 4.79 Å². The van der Waals surface area contributed by atoms with Gasteiger partial charge in [0.1, 0.15) is 5.75 Å². The van der Waals surface area contributed by atoms with E-state index in [4.69, 9.17) is 9.15 Å². The van der Waals surface area contributed by atoms with Crippen molar-refractivity contribution in [2.24, 2.45) is 0 Å². The zero-order valence-corrected chi connectivity index (χ0v) is 15.8. The highest BCUT2D eigenvalue weighted by Gasteiger charge is 2.24. The van der Waals surface area contributed by atoms with E-state index in [-0.39, 0.29) is 11.9 Å². The van der Waals surface area contributed by atoms with E-state index in [2.05, 4.69) is 15.5 Å². The van der Waals surface area contributed by atoms with Crippen LogP contribution in [0.25, 0.3) is 11.5 Å². The molecule has 0 aliphatic rings. The van der Waals surface area contributed by atoms with Crippen molar-refractivity contribution in [1.29, 1.82) is 0 Å². The lowest BCUT2D eigenvalue weighted by atomic mass is 9.90. The molecule has 4 aromatic rings. The Hall–Kier alpha value is -3.93. The molecule has 0 saturated heterocycles. The average molecular weight is 385 g/mol. The Bertz CT molecular complexity index is 1040. The number of carbonyl (C=O) groups excluding carboxylic acids is 1. The minimum atomic E-state index is -0.492. The molecule has 0 unspecified atom stereocenters. The number of methoxy groups -OCH3 is 1. The van der Waals surface area contributed by atoms with Crippen molar-refractivity contribution in [3.8, 4) is 17.2 Å². The Balaban J connectivity index is 1.57. The molecule has 0 radical (unpaired) electrons. The zero-order valence-electron chi connectivity index (χ0n) is 15.8. The number of carbonyl (C=O) groups is 1. The van der Waals surface area contributed by atoms with Crippen molar-refractivity contribution >= 4 is 11.9 Å². The summed E-state index contributed by atoms with van der Waals surface area (Å²) in [6, 6.07) is 26.5. The molecule has 1 amide bonds. The van der Waals surface area contributed by atoms with Crippen LogP contribution in [0.4, 0.5) is 6.01 Å². The van der Waals surface area contributed by atoms with Crippen molar-refractivity contribution in [3.05, 3.63) is 96.1 Å². The van der Waals surface area contributed by atoms with Crippen LogP contribution in [0, 0.1) is 0 Å². The van der Waals surface area contributed by atoms with E-state index in [0.717, 1.165) is 22.4 Å². The van der Waals surface area contributed by atoms with Gasteiger partial charge in [-0.25, -0.2) is 0 Å². The molecule has 0 aliphatic carbocycles. The van der Waals surface area contributed by atoms with Gasteiger partial charge in [-0.2, -0.15) is 0 Å². The molecule has 6 nitrogen and oxygen atoms in total. The maximum Gasteiger partial charge on any atom is 0.322 e. The summed E-state index contributed by atoms with van der Waals surface area (Å²) >= 11 is 0. The molecule has 1 heterocycles. The normalized spacial score (nSPS) is 10.7. The molecule has 4 rings (SSSR count). The van der Waals surface area contributed by atoms with Crippen molar-refractivity contribution in [3.63, 3.8) is 0 Å². The summed E-state index contributed by atoms with van der Waals surface area (Å²) in [6.07, 6.45) is 0. The maximum atomic E-state index is 13.1. The second kappa shape index (κ2) is 8.39. The largest absolute Gasteiger partial charge is 0.497 e. The smallest absolute Gasteiger partial charge is 0.322 e. The molecular weight excluding hydrogens is 366 g/mol. The number of aromatic nitrogens is 2. The Kier molecular flexibility index (Phi) is 5.33. The summed E-state index contributed by atoms with van der Waals surface area (Å²) in [5.41, 5.74) is 2.50. The van der Waals surface area contributed by atoms with Crippen LogP contribution in [0.3, 0.4) is 0 Å². The van der Waals surface area contributed by atoms with E-state index >= 15 is 0 Å². The number of benzene rings is 3. The van der Waals surface area contributed by atoms with Crippen molar-refractivity contribution in [2.45, 2.75) is 5.92 Å². The molecule has 144 valence electrons. The quantitative estimate of drug-likeness (QED) is 0.528. The predicted octanol–water partition coefficient (Wildman–Crippen LogP) is 4.52. The van der Waals surface area contributed by atoms with Gasteiger partial charge >= 0.3 is 6.01 Å². The molecule has 6 heteroatoms. The van der Waals surface area contributed by atoms with Gasteiger partial charge in [0.15, 0.2) is 0 Å². The Morgan fingerprint density at radius 1 is 0.862 bits per heavy atom. The van der Waals surface area contributed by atoms with Crippen LogP contribution in [-0.4, -0.2) is 23.2 Å². The molecule has 3 aromatic carbocycles. The van der Waals surface area contributed by atoms with E-state index in [1.165, 1.54) is 0 Å². The Morgan fingerprint density at radius 3 is 2.00 bits per heavy atom. The standard InChI is InChI=1S/C23H19N3O3/c1-28-19-14-12-18(13-15-19)22-25-26-23(29-22)24-21(27)20(16-8-4-2-5-9-16)17-10-6-3-7-11-17/h2-15,20H,1H3,(H,24,26,27). The van der Waals surface area contributed by atoms with Gasteiger partial charge in [-0.1, -0.05) is 65.8 Å². The minimum absolute atomic E-state index is 0.0534. The molecule has 0 spiro atoms. The lowest BCUT2D eigenvalue weighted by Gasteiger charge is -2.16. The molecule has 0 fully saturated rings. The van der Waals surface area contributed by atoms with Gasteiger partial charge in [-0.3, -0.25) is 10.1 Å². The van der Waals surface area contributed by atoms with E-state index in [0.29, 0.717) is 5.89 Å². The lowest BCUT2D eigenvalue weighted by molar-refractivity contribution is -0.116. The number of ether oxygens (including phenoxy) is 1. The number of hydrogen-bond acceptors (Lipinski definition) is 5. The molecular formula is C23H19N3O3. The van der Waals surface area contributed by atoms with Gasteiger partial charge in [-0.05, 0) is 35.4 Å². The highest BCUT2D eigenvalue weighted by molar-refractivity contribution is 5.96. The summed E-state index contributed by atoms with van der Waals surface area (Å²) in [5.74, 6) is 0.315. The summed E-state index contributed by atoms with van der Waals surface area (Å²) in [4.78, 5) is 13.1. The van der Waals surface area contributed by atoms with Gasteiger partial charge in [0.25, 0.3) is 0 Å². The summed E-state index contributed by atoms with van der Waals surface area (Å²) < 4.78 is 10.8. The molecule has 0 atom stereocenters. The van der Waals surface area contributed by atoms with Crippen LogP contribution in [0.15, 0.2) is 89.3 Å². The second-order valence-corrected chi connectivity index (χ2v) is 6.38. The van der Waals surface area contributed by atoms with Gasteiger partial charge in [0, 0.05) is 5.56 Å². The van der Waals surface area contributed by atoms with Crippen LogP contribution in [0.5, 0.6) is 5.75 Å². The minimum Gasteiger partial charge on any atom is -0.497 e. The molecule has 1 aromatic heterocycles. The molecule has 0 aliphatic heterocycles. The van der Waals surface area contributed by atoms with Crippen molar-refractivity contribution < 1.29 is 13.9 Å². The van der Waals surface area contributed by atoms with E-state index in [1.807, 2.05) is 72.8 Å². The van der Waals surface area contributed by atoms with Gasteiger partial charge in [0.05, 0.1) is 13.0 Å². The molecule has 0 bridgehead atoms. The third-order valence-electron chi connectivity index (χ3n) is 4.52. The van der Waals surface area contributed by atoms with E-state index in [1.54, 1.807) is 19.2 Å². The maximum absolute atomic E-state index is 13.1. The van der Waals surface area contributed by atoms with Gasteiger partial charge in [-0.15, -0.1) is 5.10 Å². The third kappa shape index (κ3) is 4.16. The van der Waals surface area contributed by atoms with Crippen LogP contribution in [0.1, 0.15) is 17.0 Å². The Morgan fingerprint density at radius 2 is 1.45 bits per heavy atom. The highest BCUT2D eigenvalue weighted by Crippen LogP contribution is 2.27. The first-order valence-corrected chi connectivity index (χ1v) is 9.13. The van der Waals surface area contributed by atoms with E-state index < -0.39 is 5.92 Å². The number of nitrogens with one attached hydrogen (secondary N) is 1. The lowest BCUT2D eigenvalue weighted by Crippen LogP contribution is -2.22. The van der Waals surface area contributed by atoms with E-state index in [9.17, 15) is 4.79 Å². The van der Waals surface area contributed by atoms with Crippen molar-refractivity contribution in [1.82, 2.24) is 10.2 Å². The summed E-state index contributed by atoms with van der Waals surface area (Å²) in [5, 5.41) is 10.7. The van der Waals surface area contributed by atoms with Crippen molar-refractivity contribution in [2.75, 3.05) is 12.4 Å². The predicted molar refractivity (Wildman–Crippen MR) is 110 cm³/mol. The van der Waals surface area contributed by atoms with Crippen LogP contribution in [0.2, 0.25) is 0 Å².